The van der Waals surface area contributed by atoms with E-state index in [1.165, 1.54) is 10.5 Å². The molecule has 0 saturated carbocycles. The molecular formula is C10H14OS. The lowest BCUT2D eigenvalue weighted by atomic mass is 10.1. The number of thioether (sulfide) groups is 1. The van der Waals surface area contributed by atoms with E-state index in [2.05, 4.69) is 19.9 Å². The lowest BCUT2D eigenvalue weighted by Crippen LogP contribution is -1.86. The molecule has 1 nitrogen and oxygen atoms in total. The van der Waals surface area contributed by atoms with Crippen LogP contribution in [0.15, 0.2) is 23.1 Å². The van der Waals surface area contributed by atoms with Gasteiger partial charge in [-0.05, 0) is 29.9 Å². The summed E-state index contributed by atoms with van der Waals surface area (Å²) >= 11 is 1.84. The summed E-state index contributed by atoms with van der Waals surface area (Å²) < 4.78 is 0. The fourth-order valence-electron chi connectivity index (χ4n) is 1.13. The van der Waals surface area contributed by atoms with Crippen LogP contribution in [0.4, 0.5) is 0 Å². The van der Waals surface area contributed by atoms with Gasteiger partial charge in [-0.1, -0.05) is 19.1 Å². The first-order valence-electron chi connectivity index (χ1n) is 4.11. The van der Waals surface area contributed by atoms with Crippen molar-refractivity contribution in [2.24, 2.45) is 0 Å². The monoisotopic (exact) mass is 182 g/mol. The minimum absolute atomic E-state index is 0.137. The molecule has 1 N–H and O–H groups in total. The lowest BCUT2D eigenvalue weighted by molar-refractivity contribution is 0.281. The van der Waals surface area contributed by atoms with E-state index in [9.17, 15) is 0 Å². The van der Waals surface area contributed by atoms with Crippen LogP contribution in [0.1, 0.15) is 18.1 Å². The molecular weight excluding hydrogens is 168 g/mol. The summed E-state index contributed by atoms with van der Waals surface area (Å²) in [6.07, 6.45) is 0. The van der Waals surface area contributed by atoms with E-state index in [-0.39, 0.29) is 6.61 Å². The average molecular weight is 182 g/mol. The van der Waals surface area contributed by atoms with Gasteiger partial charge in [-0.25, -0.2) is 0 Å². The van der Waals surface area contributed by atoms with Gasteiger partial charge in [0, 0.05) is 4.90 Å². The van der Waals surface area contributed by atoms with Gasteiger partial charge < -0.3 is 5.11 Å². The Kier molecular flexibility index (Phi) is 3.63. The normalized spacial score (nSPS) is 10.2. The van der Waals surface area contributed by atoms with Crippen molar-refractivity contribution in [1.82, 2.24) is 0 Å². The van der Waals surface area contributed by atoms with Gasteiger partial charge >= 0.3 is 0 Å². The first-order valence-corrected chi connectivity index (χ1v) is 5.09. The fraction of sp³-hybridized carbons (Fsp3) is 0.400. The van der Waals surface area contributed by atoms with Crippen molar-refractivity contribution >= 4 is 11.8 Å². The van der Waals surface area contributed by atoms with Crippen molar-refractivity contribution in [3.05, 3.63) is 29.3 Å². The third-order valence-electron chi connectivity index (χ3n) is 1.72. The standard InChI is InChI=1S/C10H14OS/c1-3-12-10-5-4-9(7-11)6-8(10)2/h4-6,11H,3,7H2,1-2H3. The summed E-state index contributed by atoms with van der Waals surface area (Å²) in [4.78, 5) is 1.31. The molecule has 2 heteroatoms. The van der Waals surface area contributed by atoms with Gasteiger partial charge in [0.25, 0.3) is 0 Å². The Bertz CT molecular complexity index is 258. The maximum Gasteiger partial charge on any atom is 0.0681 e. The molecule has 1 aromatic carbocycles. The van der Waals surface area contributed by atoms with Crippen molar-refractivity contribution in [2.45, 2.75) is 25.3 Å². The van der Waals surface area contributed by atoms with Crippen molar-refractivity contribution < 1.29 is 5.11 Å². The molecule has 0 aliphatic heterocycles. The summed E-state index contributed by atoms with van der Waals surface area (Å²) in [6, 6.07) is 6.10. The van der Waals surface area contributed by atoms with Crippen molar-refractivity contribution in [3.8, 4) is 0 Å². The van der Waals surface area contributed by atoms with E-state index < -0.39 is 0 Å². The minimum atomic E-state index is 0.137. The first kappa shape index (κ1) is 9.62. The molecule has 12 heavy (non-hydrogen) atoms. The van der Waals surface area contributed by atoms with E-state index >= 15 is 0 Å². The molecule has 0 bridgehead atoms. The van der Waals surface area contributed by atoms with Gasteiger partial charge in [-0.15, -0.1) is 11.8 Å². The molecule has 0 radical (unpaired) electrons. The van der Waals surface area contributed by atoms with Gasteiger partial charge in [0.05, 0.1) is 6.61 Å². The molecule has 0 heterocycles. The van der Waals surface area contributed by atoms with Crippen LogP contribution < -0.4 is 0 Å². The quantitative estimate of drug-likeness (QED) is 0.725. The molecule has 0 fully saturated rings. The zero-order valence-electron chi connectivity index (χ0n) is 7.50. The number of aliphatic hydroxyl groups is 1. The number of benzene rings is 1. The second kappa shape index (κ2) is 4.53. The molecule has 0 amide bonds. The number of aryl methyl sites for hydroxylation is 1. The fourth-order valence-corrected chi connectivity index (χ4v) is 1.89. The second-order valence-electron chi connectivity index (χ2n) is 2.69. The zero-order chi connectivity index (χ0) is 8.97. The van der Waals surface area contributed by atoms with Gasteiger partial charge in [0.2, 0.25) is 0 Å². The Morgan fingerprint density at radius 2 is 2.17 bits per heavy atom. The van der Waals surface area contributed by atoms with Crippen LogP contribution in [-0.2, 0) is 6.61 Å². The van der Waals surface area contributed by atoms with Crippen LogP contribution in [-0.4, -0.2) is 10.9 Å². The lowest BCUT2D eigenvalue weighted by Gasteiger charge is -2.04. The summed E-state index contributed by atoms with van der Waals surface area (Å²) in [7, 11) is 0. The molecule has 0 aromatic heterocycles. The molecule has 66 valence electrons. The van der Waals surface area contributed by atoms with Crippen LogP contribution in [0.5, 0.6) is 0 Å². The molecule has 0 spiro atoms. The molecule has 0 aliphatic rings. The largest absolute Gasteiger partial charge is 0.392 e. The predicted octanol–water partition coefficient (Wildman–Crippen LogP) is 2.60. The van der Waals surface area contributed by atoms with Crippen LogP contribution in [0.2, 0.25) is 0 Å². The van der Waals surface area contributed by atoms with E-state index in [0.717, 1.165) is 11.3 Å². The highest BCUT2D eigenvalue weighted by Crippen LogP contribution is 2.22. The van der Waals surface area contributed by atoms with Gasteiger partial charge in [0.15, 0.2) is 0 Å². The van der Waals surface area contributed by atoms with Gasteiger partial charge in [-0.3, -0.25) is 0 Å². The average Bonchev–Trinajstić information content (AvgIpc) is 2.09. The zero-order valence-corrected chi connectivity index (χ0v) is 8.32. The third-order valence-corrected chi connectivity index (χ3v) is 2.78. The Balaban J connectivity index is 2.87. The van der Waals surface area contributed by atoms with Crippen LogP contribution in [0.3, 0.4) is 0 Å². The van der Waals surface area contributed by atoms with E-state index in [0.29, 0.717) is 0 Å². The summed E-state index contributed by atoms with van der Waals surface area (Å²) in [6.45, 7) is 4.36. The number of hydrogen-bond donors (Lipinski definition) is 1. The van der Waals surface area contributed by atoms with Crippen molar-refractivity contribution in [2.75, 3.05) is 5.75 Å². The van der Waals surface area contributed by atoms with Crippen molar-refractivity contribution in [3.63, 3.8) is 0 Å². The highest BCUT2D eigenvalue weighted by atomic mass is 32.2. The highest BCUT2D eigenvalue weighted by Gasteiger charge is 1.98. The summed E-state index contributed by atoms with van der Waals surface area (Å²) in [5, 5.41) is 8.88. The molecule has 0 atom stereocenters. The predicted molar refractivity (Wildman–Crippen MR) is 53.5 cm³/mol. The Hall–Kier alpha value is -0.470. The SMILES string of the molecule is CCSc1ccc(CO)cc1C. The molecule has 1 aromatic rings. The van der Waals surface area contributed by atoms with Crippen LogP contribution >= 0.6 is 11.8 Å². The number of hydrogen-bond acceptors (Lipinski definition) is 2. The van der Waals surface area contributed by atoms with E-state index in [1.54, 1.807) is 0 Å². The smallest absolute Gasteiger partial charge is 0.0681 e. The number of rotatable bonds is 3. The van der Waals surface area contributed by atoms with E-state index in [4.69, 9.17) is 5.11 Å². The maximum atomic E-state index is 8.88. The molecule has 0 aliphatic carbocycles. The first-order chi connectivity index (χ1) is 5.77. The van der Waals surface area contributed by atoms with Crippen molar-refractivity contribution in [1.29, 1.82) is 0 Å². The van der Waals surface area contributed by atoms with Gasteiger partial charge in [-0.2, -0.15) is 0 Å². The Morgan fingerprint density at radius 1 is 1.42 bits per heavy atom. The number of aliphatic hydroxyl groups excluding tert-OH is 1. The third kappa shape index (κ3) is 2.26. The topological polar surface area (TPSA) is 20.2 Å². The highest BCUT2D eigenvalue weighted by molar-refractivity contribution is 7.99. The molecule has 0 saturated heterocycles. The second-order valence-corrected chi connectivity index (χ2v) is 4.00. The van der Waals surface area contributed by atoms with Gasteiger partial charge in [0.1, 0.15) is 0 Å². The summed E-state index contributed by atoms with van der Waals surface area (Å²) in [5.74, 6) is 1.10. The molecule has 0 unspecified atom stereocenters. The Labute approximate surface area is 77.8 Å². The summed E-state index contributed by atoms with van der Waals surface area (Å²) in [5.41, 5.74) is 2.25. The van der Waals surface area contributed by atoms with Crippen LogP contribution in [0, 0.1) is 6.92 Å². The Morgan fingerprint density at radius 3 is 2.67 bits per heavy atom. The minimum Gasteiger partial charge on any atom is -0.392 e. The van der Waals surface area contributed by atoms with Crippen LogP contribution in [0.25, 0.3) is 0 Å². The van der Waals surface area contributed by atoms with E-state index in [1.807, 2.05) is 23.9 Å². The maximum absolute atomic E-state index is 8.88. The molecule has 1 rings (SSSR count).